The molecule has 0 radical (unpaired) electrons. The molecule has 2 atom stereocenters. The monoisotopic (exact) mass is 320 g/mol. The summed E-state index contributed by atoms with van der Waals surface area (Å²) in [5.74, 6) is 0.504. The fourth-order valence-electron chi connectivity index (χ4n) is 2.93. The van der Waals surface area contributed by atoms with E-state index in [4.69, 9.17) is 0 Å². The van der Waals surface area contributed by atoms with Crippen LogP contribution in [-0.2, 0) is 0 Å². The number of hydrogen-bond acceptors (Lipinski definition) is 4. The van der Waals surface area contributed by atoms with Gasteiger partial charge in [0.05, 0.1) is 11.0 Å². The minimum Gasteiger partial charge on any atom is -0.331 e. The zero-order valence-corrected chi connectivity index (χ0v) is 13.9. The Bertz CT molecular complexity index is 578. The van der Waals surface area contributed by atoms with Crippen molar-refractivity contribution in [3.63, 3.8) is 0 Å². The van der Waals surface area contributed by atoms with Crippen molar-refractivity contribution >= 4 is 11.7 Å². The zero-order valence-electron chi connectivity index (χ0n) is 13.9. The summed E-state index contributed by atoms with van der Waals surface area (Å²) < 4.78 is 0. The fourth-order valence-corrected chi connectivity index (χ4v) is 2.93. The average Bonchev–Trinajstić information content (AvgIpc) is 2.92. The van der Waals surface area contributed by atoms with Crippen LogP contribution >= 0.6 is 0 Å². The molecule has 2 amide bonds. The van der Waals surface area contributed by atoms with E-state index in [1.54, 1.807) is 24.1 Å². The highest BCUT2D eigenvalue weighted by Crippen LogP contribution is 2.19. The number of urea groups is 1. The van der Waals surface area contributed by atoms with Crippen molar-refractivity contribution < 1.29 is 9.72 Å². The first-order chi connectivity index (χ1) is 10.9. The van der Waals surface area contributed by atoms with Crippen LogP contribution in [0.4, 0.5) is 10.5 Å². The van der Waals surface area contributed by atoms with Gasteiger partial charge < -0.3 is 15.1 Å². The number of hydrogen-bond donors (Lipinski definition) is 1. The van der Waals surface area contributed by atoms with E-state index in [1.807, 2.05) is 6.92 Å². The highest BCUT2D eigenvalue weighted by atomic mass is 16.6. The number of likely N-dealkylation sites (tertiary alicyclic amines) is 1. The molecule has 1 fully saturated rings. The Morgan fingerprint density at radius 2 is 2.30 bits per heavy atom. The number of amides is 2. The molecule has 1 heterocycles. The van der Waals surface area contributed by atoms with Crippen LogP contribution in [0.2, 0.25) is 0 Å². The minimum atomic E-state index is -0.430. The van der Waals surface area contributed by atoms with Gasteiger partial charge in [0, 0.05) is 32.3 Å². The Labute approximate surface area is 136 Å². The molecule has 0 saturated carbocycles. The zero-order chi connectivity index (χ0) is 17.0. The first-order valence-corrected chi connectivity index (χ1v) is 7.81. The second kappa shape index (κ2) is 7.41. The number of nitro benzene ring substituents is 1. The number of nitrogens with one attached hydrogen (secondary N) is 1. The van der Waals surface area contributed by atoms with Gasteiger partial charge in [0.2, 0.25) is 0 Å². The Kier molecular flexibility index (Phi) is 5.54. The van der Waals surface area contributed by atoms with Gasteiger partial charge in [0.1, 0.15) is 0 Å². The lowest BCUT2D eigenvalue weighted by Crippen LogP contribution is -2.41. The molecule has 7 heteroatoms. The van der Waals surface area contributed by atoms with E-state index in [9.17, 15) is 14.9 Å². The number of benzene rings is 1. The Morgan fingerprint density at radius 3 is 2.91 bits per heavy atom. The van der Waals surface area contributed by atoms with Gasteiger partial charge in [-0.25, -0.2) is 4.79 Å². The van der Waals surface area contributed by atoms with Crippen molar-refractivity contribution in [2.24, 2.45) is 5.92 Å². The van der Waals surface area contributed by atoms with Gasteiger partial charge in [0.15, 0.2) is 0 Å². The summed E-state index contributed by atoms with van der Waals surface area (Å²) in [5.41, 5.74) is 0.757. The largest absolute Gasteiger partial charge is 0.331 e. The van der Waals surface area contributed by atoms with Gasteiger partial charge in [-0.1, -0.05) is 12.1 Å². The number of rotatable bonds is 5. The van der Waals surface area contributed by atoms with Gasteiger partial charge in [-0.15, -0.1) is 0 Å². The Balaban J connectivity index is 1.91. The van der Waals surface area contributed by atoms with E-state index in [1.165, 1.54) is 12.1 Å². The SMILES string of the molecule is C[C@@H](NC(=O)N(C)C[C@H]1CCN(C)C1)c1cccc([N+](=O)[O-])c1. The first-order valence-electron chi connectivity index (χ1n) is 7.81. The molecule has 126 valence electrons. The second-order valence-electron chi connectivity index (χ2n) is 6.32. The number of nitro groups is 1. The predicted molar refractivity (Wildman–Crippen MR) is 88.3 cm³/mol. The molecule has 2 rings (SSSR count). The van der Waals surface area contributed by atoms with Crippen molar-refractivity contribution in [2.75, 3.05) is 33.7 Å². The first kappa shape index (κ1) is 17.2. The maximum atomic E-state index is 12.3. The average molecular weight is 320 g/mol. The maximum absolute atomic E-state index is 12.3. The molecular weight excluding hydrogens is 296 g/mol. The minimum absolute atomic E-state index is 0.0333. The molecule has 0 unspecified atom stereocenters. The van der Waals surface area contributed by atoms with Gasteiger partial charge in [-0.2, -0.15) is 0 Å². The molecule has 0 aliphatic carbocycles. The van der Waals surface area contributed by atoms with E-state index >= 15 is 0 Å². The van der Waals surface area contributed by atoms with Crippen LogP contribution in [0.25, 0.3) is 0 Å². The summed E-state index contributed by atoms with van der Waals surface area (Å²) in [6, 6.07) is 5.92. The Hall–Kier alpha value is -2.15. The summed E-state index contributed by atoms with van der Waals surface area (Å²) in [7, 11) is 3.87. The lowest BCUT2D eigenvalue weighted by Gasteiger charge is -2.24. The molecule has 1 aliphatic heterocycles. The lowest BCUT2D eigenvalue weighted by atomic mass is 10.1. The van der Waals surface area contributed by atoms with Crippen LogP contribution in [0, 0.1) is 16.0 Å². The van der Waals surface area contributed by atoms with E-state index in [-0.39, 0.29) is 17.8 Å². The van der Waals surface area contributed by atoms with Crippen molar-refractivity contribution in [3.8, 4) is 0 Å². The molecule has 23 heavy (non-hydrogen) atoms. The van der Waals surface area contributed by atoms with Crippen molar-refractivity contribution in [1.82, 2.24) is 15.1 Å². The summed E-state index contributed by atoms with van der Waals surface area (Å²) in [6.45, 7) is 4.63. The van der Waals surface area contributed by atoms with E-state index in [0.29, 0.717) is 5.92 Å². The topological polar surface area (TPSA) is 78.7 Å². The summed E-state index contributed by atoms with van der Waals surface area (Å²) >= 11 is 0. The summed E-state index contributed by atoms with van der Waals surface area (Å²) in [5, 5.41) is 13.7. The van der Waals surface area contributed by atoms with Crippen LogP contribution in [0.3, 0.4) is 0 Å². The highest BCUT2D eigenvalue weighted by Gasteiger charge is 2.23. The van der Waals surface area contributed by atoms with E-state index in [0.717, 1.165) is 31.6 Å². The molecular formula is C16H24N4O3. The summed E-state index contributed by atoms with van der Waals surface area (Å²) in [4.78, 5) is 26.6. The van der Waals surface area contributed by atoms with Crippen molar-refractivity contribution in [1.29, 1.82) is 0 Å². The highest BCUT2D eigenvalue weighted by molar-refractivity contribution is 5.74. The van der Waals surface area contributed by atoms with E-state index in [2.05, 4.69) is 17.3 Å². The lowest BCUT2D eigenvalue weighted by molar-refractivity contribution is -0.384. The quantitative estimate of drug-likeness (QED) is 0.666. The number of nitrogens with zero attached hydrogens (tertiary/aromatic N) is 3. The predicted octanol–water partition coefficient (Wildman–Crippen LogP) is 2.25. The summed E-state index contributed by atoms with van der Waals surface area (Å²) in [6.07, 6.45) is 1.11. The van der Waals surface area contributed by atoms with Gasteiger partial charge in [0.25, 0.3) is 5.69 Å². The normalized spacial score (nSPS) is 19.3. The Morgan fingerprint density at radius 1 is 1.57 bits per heavy atom. The van der Waals surface area contributed by atoms with Crippen LogP contribution in [0.5, 0.6) is 0 Å². The molecule has 1 saturated heterocycles. The second-order valence-corrected chi connectivity index (χ2v) is 6.32. The maximum Gasteiger partial charge on any atom is 0.317 e. The third kappa shape index (κ3) is 4.66. The van der Waals surface area contributed by atoms with Gasteiger partial charge in [-0.3, -0.25) is 10.1 Å². The van der Waals surface area contributed by atoms with Crippen LogP contribution in [-0.4, -0.2) is 54.5 Å². The smallest absolute Gasteiger partial charge is 0.317 e. The third-order valence-electron chi connectivity index (χ3n) is 4.29. The molecule has 7 nitrogen and oxygen atoms in total. The fraction of sp³-hybridized carbons (Fsp3) is 0.562. The number of carbonyl (C=O) groups excluding carboxylic acids is 1. The third-order valence-corrected chi connectivity index (χ3v) is 4.29. The molecule has 0 spiro atoms. The molecule has 1 aliphatic rings. The number of carbonyl (C=O) groups is 1. The van der Waals surface area contributed by atoms with Crippen molar-refractivity contribution in [2.45, 2.75) is 19.4 Å². The molecule has 1 aromatic rings. The molecule has 1 aromatic carbocycles. The van der Waals surface area contributed by atoms with Gasteiger partial charge >= 0.3 is 6.03 Å². The van der Waals surface area contributed by atoms with Crippen LogP contribution in [0.15, 0.2) is 24.3 Å². The molecule has 0 bridgehead atoms. The number of non-ortho nitro benzene ring substituents is 1. The van der Waals surface area contributed by atoms with Gasteiger partial charge in [-0.05, 0) is 38.4 Å². The molecule has 0 aromatic heterocycles. The van der Waals surface area contributed by atoms with Crippen LogP contribution < -0.4 is 5.32 Å². The van der Waals surface area contributed by atoms with E-state index < -0.39 is 4.92 Å². The molecule has 1 N–H and O–H groups in total. The van der Waals surface area contributed by atoms with Crippen molar-refractivity contribution in [3.05, 3.63) is 39.9 Å². The van der Waals surface area contributed by atoms with Crippen LogP contribution in [0.1, 0.15) is 24.9 Å². The standard InChI is InChI=1S/C16H24N4O3/c1-12(14-5-4-6-15(9-14)20(22)23)17-16(21)19(3)11-13-7-8-18(2)10-13/h4-6,9,12-13H,7-8,10-11H2,1-3H3,(H,17,21)/t12-,13+/m1/s1.